The molecule has 0 bridgehead atoms. The molecule has 0 aliphatic carbocycles. The first-order valence-electron chi connectivity index (χ1n) is 6.47. The van der Waals surface area contributed by atoms with Crippen molar-refractivity contribution >= 4 is 5.78 Å². The van der Waals surface area contributed by atoms with Gasteiger partial charge in [-0.3, -0.25) is 4.79 Å². The van der Waals surface area contributed by atoms with Gasteiger partial charge >= 0.3 is 0 Å². The highest BCUT2D eigenvalue weighted by atomic mass is 16.5. The standard InChI is InChI=1S/C15H20O4/c1-9-7-13(17-3)14(18-4)8-12(9)15(16)11-5-6-19-10(11)2/h7-8,10-11H,5-6H2,1-4H3. The van der Waals surface area contributed by atoms with Crippen molar-refractivity contribution in [3.63, 3.8) is 0 Å². The minimum Gasteiger partial charge on any atom is -0.493 e. The SMILES string of the molecule is COc1cc(C)c(C(=O)C2CCOC2C)cc1OC. The Hall–Kier alpha value is -1.55. The van der Waals surface area contributed by atoms with Gasteiger partial charge in [0, 0.05) is 12.2 Å². The Kier molecular flexibility index (Phi) is 4.10. The number of hydrogen-bond donors (Lipinski definition) is 0. The summed E-state index contributed by atoms with van der Waals surface area (Å²) in [6.45, 7) is 4.52. The average Bonchev–Trinajstić information content (AvgIpc) is 2.83. The highest BCUT2D eigenvalue weighted by Crippen LogP contribution is 2.33. The number of Topliss-reactive ketones (excluding diaryl/α,β-unsaturated/α-hetero) is 1. The van der Waals surface area contributed by atoms with E-state index in [9.17, 15) is 4.79 Å². The van der Waals surface area contributed by atoms with Crippen LogP contribution in [0.2, 0.25) is 0 Å². The van der Waals surface area contributed by atoms with Gasteiger partial charge in [-0.05, 0) is 38.0 Å². The van der Waals surface area contributed by atoms with Crippen LogP contribution in [0.1, 0.15) is 29.3 Å². The third-order valence-electron chi connectivity index (χ3n) is 3.71. The van der Waals surface area contributed by atoms with Crippen LogP contribution in [0.15, 0.2) is 12.1 Å². The van der Waals surface area contributed by atoms with Crippen LogP contribution in [-0.4, -0.2) is 32.7 Å². The van der Waals surface area contributed by atoms with E-state index in [1.165, 1.54) is 0 Å². The summed E-state index contributed by atoms with van der Waals surface area (Å²) in [7, 11) is 3.16. The second-order valence-electron chi connectivity index (χ2n) is 4.86. The summed E-state index contributed by atoms with van der Waals surface area (Å²) in [5.41, 5.74) is 1.60. The van der Waals surface area contributed by atoms with Crippen LogP contribution >= 0.6 is 0 Å². The quantitative estimate of drug-likeness (QED) is 0.784. The summed E-state index contributed by atoms with van der Waals surface area (Å²) < 4.78 is 16.0. The van der Waals surface area contributed by atoms with E-state index in [0.29, 0.717) is 23.7 Å². The summed E-state index contributed by atoms with van der Waals surface area (Å²) in [5.74, 6) is 1.30. The lowest BCUT2D eigenvalue weighted by Gasteiger charge is -2.16. The van der Waals surface area contributed by atoms with Crippen LogP contribution in [0.25, 0.3) is 0 Å². The van der Waals surface area contributed by atoms with E-state index < -0.39 is 0 Å². The number of carbonyl (C=O) groups excluding carboxylic acids is 1. The molecule has 1 saturated heterocycles. The molecule has 2 unspecified atom stereocenters. The molecule has 4 heteroatoms. The Morgan fingerprint density at radius 3 is 2.42 bits per heavy atom. The third kappa shape index (κ3) is 2.59. The predicted molar refractivity (Wildman–Crippen MR) is 72.1 cm³/mol. The second-order valence-corrected chi connectivity index (χ2v) is 4.86. The first kappa shape index (κ1) is 13.9. The van der Waals surface area contributed by atoms with Gasteiger partial charge in [0.05, 0.1) is 26.2 Å². The van der Waals surface area contributed by atoms with Crippen LogP contribution in [0.3, 0.4) is 0 Å². The number of carbonyl (C=O) groups is 1. The maximum absolute atomic E-state index is 12.6. The van der Waals surface area contributed by atoms with E-state index in [2.05, 4.69) is 0 Å². The van der Waals surface area contributed by atoms with Crippen molar-refractivity contribution in [1.82, 2.24) is 0 Å². The summed E-state index contributed by atoms with van der Waals surface area (Å²) in [6, 6.07) is 3.61. The van der Waals surface area contributed by atoms with E-state index in [1.807, 2.05) is 19.9 Å². The molecule has 1 fully saturated rings. The molecule has 0 radical (unpaired) electrons. The fourth-order valence-corrected chi connectivity index (χ4v) is 2.52. The van der Waals surface area contributed by atoms with Gasteiger partial charge < -0.3 is 14.2 Å². The molecule has 4 nitrogen and oxygen atoms in total. The maximum Gasteiger partial charge on any atom is 0.169 e. The van der Waals surface area contributed by atoms with Crippen molar-refractivity contribution in [3.05, 3.63) is 23.3 Å². The number of rotatable bonds is 4. The Bertz CT molecular complexity index is 481. The monoisotopic (exact) mass is 264 g/mol. The molecule has 0 aromatic heterocycles. The molecule has 19 heavy (non-hydrogen) atoms. The van der Waals surface area contributed by atoms with Gasteiger partial charge in [-0.25, -0.2) is 0 Å². The zero-order chi connectivity index (χ0) is 14.0. The van der Waals surface area contributed by atoms with Gasteiger partial charge in [0.1, 0.15) is 0 Å². The van der Waals surface area contributed by atoms with Gasteiger partial charge in [-0.1, -0.05) is 0 Å². The molecule has 0 amide bonds. The molecule has 0 spiro atoms. The molecule has 0 N–H and O–H groups in total. The Balaban J connectivity index is 2.36. The summed E-state index contributed by atoms with van der Waals surface area (Å²) in [6.07, 6.45) is 0.772. The highest BCUT2D eigenvalue weighted by Gasteiger charge is 2.32. The minimum atomic E-state index is -0.0585. The van der Waals surface area contributed by atoms with E-state index >= 15 is 0 Å². The molecule has 1 aromatic carbocycles. The molecule has 1 heterocycles. The van der Waals surface area contributed by atoms with Crippen LogP contribution in [0.5, 0.6) is 11.5 Å². The lowest BCUT2D eigenvalue weighted by molar-refractivity contribution is 0.0763. The number of ketones is 1. The molecule has 1 aliphatic rings. The van der Waals surface area contributed by atoms with Crippen LogP contribution in [0, 0.1) is 12.8 Å². The summed E-state index contributed by atoms with van der Waals surface area (Å²) in [4.78, 5) is 12.6. The van der Waals surface area contributed by atoms with E-state index in [4.69, 9.17) is 14.2 Å². The number of methoxy groups -OCH3 is 2. The molecule has 1 aromatic rings. The van der Waals surface area contributed by atoms with Crippen molar-refractivity contribution in [2.24, 2.45) is 5.92 Å². The third-order valence-corrected chi connectivity index (χ3v) is 3.71. The van der Waals surface area contributed by atoms with Gasteiger partial charge in [0.2, 0.25) is 0 Å². The number of ether oxygens (including phenoxy) is 3. The van der Waals surface area contributed by atoms with Gasteiger partial charge in [0.15, 0.2) is 17.3 Å². The molecular weight excluding hydrogens is 244 g/mol. The van der Waals surface area contributed by atoms with E-state index in [-0.39, 0.29) is 17.8 Å². The van der Waals surface area contributed by atoms with Gasteiger partial charge in [-0.2, -0.15) is 0 Å². The maximum atomic E-state index is 12.6. The molecule has 1 aliphatic heterocycles. The Labute approximate surface area is 113 Å². The highest BCUT2D eigenvalue weighted by molar-refractivity contribution is 6.00. The second kappa shape index (κ2) is 5.61. The Morgan fingerprint density at radius 1 is 1.26 bits per heavy atom. The lowest BCUT2D eigenvalue weighted by Crippen LogP contribution is -2.22. The van der Waals surface area contributed by atoms with E-state index in [1.54, 1.807) is 20.3 Å². The predicted octanol–water partition coefficient (Wildman–Crippen LogP) is 2.62. The van der Waals surface area contributed by atoms with Crippen LogP contribution in [0.4, 0.5) is 0 Å². The van der Waals surface area contributed by atoms with Crippen molar-refractivity contribution in [3.8, 4) is 11.5 Å². The van der Waals surface area contributed by atoms with E-state index in [0.717, 1.165) is 12.0 Å². The van der Waals surface area contributed by atoms with Crippen molar-refractivity contribution in [2.75, 3.05) is 20.8 Å². The Morgan fingerprint density at radius 2 is 1.89 bits per heavy atom. The van der Waals surface area contributed by atoms with Crippen molar-refractivity contribution < 1.29 is 19.0 Å². The zero-order valence-corrected chi connectivity index (χ0v) is 11.9. The zero-order valence-electron chi connectivity index (χ0n) is 11.9. The summed E-state index contributed by atoms with van der Waals surface area (Å²) >= 11 is 0. The normalized spacial score (nSPS) is 22.3. The largest absolute Gasteiger partial charge is 0.493 e. The first-order valence-corrected chi connectivity index (χ1v) is 6.47. The fourth-order valence-electron chi connectivity index (χ4n) is 2.52. The molecule has 0 saturated carbocycles. The number of benzene rings is 1. The number of aryl methyl sites for hydroxylation is 1. The van der Waals surface area contributed by atoms with Crippen LogP contribution in [-0.2, 0) is 4.74 Å². The lowest BCUT2D eigenvalue weighted by atomic mass is 9.90. The van der Waals surface area contributed by atoms with Gasteiger partial charge in [-0.15, -0.1) is 0 Å². The summed E-state index contributed by atoms with van der Waals surface area (Å²) in [5, 5.41) is 0. The fraction of sp³-hybridized carbons (Fsp3) is 0.533. The minimum absolute atomic E-state index is 0.0139. The molecular formula is C15H20O4. The van der Waals surface area contributed by atoms with Crippen molar-refractivity contribution in [2.45, 2.75) is 26.4 Å². The molecule has 2 atom stereocenters. The average molecular weight is 264 g/mol. The van der Waals surface area contributed by atoms with Crippen molar-refractivity contribution in [1.29, 1.82) is 0 Å². The molecule has 2 rings (SSSR count). The first-order chi connectivity index (χ1) is 9.08. The number of hydrogen-bond acceptors (Lipinski definition) is 4. The van der Waals surface area contributed by atoms with Crippen LogP contribution < -0.4 is 9.47 Å². The van der Waals surface area contributed by atoms with Gasteiger partial charge in [0.25, 0.3) is 0 Å². The topological polar surface area (TPSA) is 44.8 Å². The smallest absolute Gasteiger partial charge is 0.169 e. The molecule has 104 valence electrons.